The van der Waals surface area contributed by atoms with Gasteiger partial charge in [-0.2, -0.15) is 0 Å². The molecule has 0 aliphatic rings. The van der Waals surface area contributed by atoms with Crippen LogP contribution in [-0.4, -0.2) is 25.8 Å². The standard InChI is InChI=1S/C25H24Cl2N2O3/c1-15-6-5-7-22(17(15)3)28-13-18-10-21(27)25(23(11-18)31-4)32-14-24(30)29-19-9-8-16(2)20(26)12-19/h5-13H,14H2,1-4H3,(H,29,30). The van der Waals surface area contributed by atoms with Crippen molar-refractivity contribution >= 4 is 46.7 Å². The van der Waals surface area contributed by atoms with E-state index in [0.717, 1.165) is 22.4 Å². The number of anilines is 1. The number of rotatable bonds is 7. The van der Waals surface area contributed by atoms with Gasteiger partial charge in [0.1, 0.15) is 0 Å². The highest BCUT2D eigenvalue weighted by Gasteiger charge is 2.14. The summed E-state index contributed by atoms with van der Waals surface area (Å²) < 4.78 is 11.1. The topological polar surface area (TPSA) is 59.9 Å². The average molecular weight is 471 g/mol. The molecule has 0 atom stereocenters. The summed E-state index contributed by atoms with van der Waals surface area (Å²) in [7, 11) is 1.51. The fourth-order valence-electron chi connectivity index (χ4n) is 2.98. The van der Waals surface area contributed by atoms with Crippen LogP contribution in [0.15, 0.2) is 53.5 Å². The first-order chi connectivity index (χ1) is 15.3. The van der Waals surface area contributed by atoms with Crippen molar-refractivity contribution in [3.8, 4) is 11.5 Å². The van der Waals surface area contributed by atoms with Crippen LogP contribution in [0.25, 0.3) is 0 Å². The van der Waals surface area contributed by atoms with E-state index in [1.807, 2.05) is 45.0 Å². The first kappa shape index (κ1) is 23.6. The fraction of sp³-hybridized carbons (Fsp3) is 0.200. The van der Waals surface area contributed by atoms with Crippen LogP contribution < -0.4 is 14.8 Å². The number of ether oxygens (including phenoxy) is 2. The molecule has 1 amide bonds. The number of aryl methyl sites for hydroxylation is 2. The molecule has 0 bridgehead atoms. The summed E-state index contributed by atoms with van der Waals surface area (Å²) in [5.41, 5.74) is 5.43. The number of nitrogens with zero attached hydrogens (tertiary/aromatic N) is 1. The van der Waals surface area contributed by atoms with Gasteiger partial charge in [0.2, 0.25) is 0 Å². The average Bonchev–Trinajstić information content (AvgIpc) is 2.76. The second-order valence-electron chi connectivity index (χ2n) is 7.31. The Morgan fingerprint density at radius 3 is 2.53 bits per heavy atom. The number of carbonyl (C=O) groups is 1. The number of aliphatic imine (C=N–C) groups is 1. The molecule has 0 fully saturated rings. The molecule has 0 heterocycles. The van der Waals surface area contributed by atoms with Gasteiger partial charge in [-0.25, -0.2) is 0 Å². The number of amides is 1. The molecule has 0 saturated carbocycles. The van der Waals surface area contributed by atoms with Gasteiger partial charge in [0.25, 0.3) is 5.91 Å². The minimum Gasteiger partial charge on any atom is -0.493 e. The first-order valence-corrected chi connectivity index (χ1v) is 10.7. The van der Waals surface area contributed by atoms with Crippen molar-refractivity contribution in [2.24, 2.45) is 4.99 Å². The maximum absolute atomic E-state index is 12.3. The zero-order valence-corrected chi connectivity index (χ0v) is 19.8. The lowest BCUT2D eigenvalue weighted by molar-refractivity contribution is -0.118. The van der Waals surface area contributed by atoms with Gasteiger partial charge in [-0.15, -0.1) is 0 Å². The Balaban J connectivity index is 1.72. The van der Waals surface area contributed by atoms with Crippen LogP contribution in [-0.2, 0) is 4.79 Å². The van der Waals surface area contributed by atoms with Crippen molar-refractivity contribution < 1.29 is 14.3 Å². The smallest absolute Gasteiger partial charge is 0.262 e. The monoisotopic (exact) mass is 470 g/mol. The predicted molar refractivity (Wildman–Crippen MR) is 131 cm³/mol. The third-order valence-electron chi connectivity index (χ3n) is 4.98. The Hall–Kier alpha value is -3.02. The van der Waals surface area contributed by atoms with E-state index in [2.05, 4.69) is 10.3 Å². The molecule has 1 N–H and O–H groups in total. The summed E-state index contributed by atoms with van der Waals surface area (Å²) in [4.78, 5) is 16.9. The highest BCUT2D eigenvalue weighted by molar-refractivity contribution is 6.32. The Morgan fingerprint density at radius 1 is 1.03 bits per heavy atom. The van der Waals surface area contributed by atoms with Crippen molar-refractivity contribution in [2.75, 3.05) is 19.0 Å². The molecule has 3 aromatic rings. The summed E-state index contributed by atoms with van der Waals surface area (Å²) in [6, 6.07) is 14.7. The maximum Gasteiger partial charge on any atom is 0.262 e. The van der Waals surface area contributed by atoms with E-state index in [1.165, 1.54) is 12.7 Å². The molecule has 5 nitrogen and oxygen atoms in total. The maximum atomic E-state index is 12.3. The number of methoxy groups -OCH3 is 1. The van der Waals surface area contributed by atoms with Crippen molar-refractivity contribution in [1.82, 2.24) is 0 Å². The second kappa shape index (κ2) is 10.5. The predicted octanol–water partition coefficient (Wildman–Crippen LogP) is 6.70. The van der Waals surface area contributed by atoms with Crippen LogP contribution in [0.1, 0.15) is 22.3 Å². The summed E-state index contributed by atoms with van der Waals surface area (Å²) >= 11 is 12.5. The van der Waals surface area contributed by atoms with Crippen LogP contribution in [0.2, 0.25) is 10.0 Å². The van der Waals surface area contributed by atoms with Crippen molar-refractivity contribution in [1.29, 1.82) is 0 Å². The lowest BCUT2D eigenvalue weighted by atomic mass is 10.1. The molecule has 0 saturated heterocycles. The fourth-order valence-corrected chi connectivity index (χ4v) is 3.43. The number of halogens is 2. The van der Waals surface area contributed by atoms with E-state index in [9.17, 15) is 4.79 Å². The van der Waals surface area contributed by atoms with E-state index in [4.69, 9.17) is 32.7 Å². The highest BCUT2D eigenvalue weighted by atomic mass is 35.5. The molecule has 166 valence electrons. The van der Waals surface area contributed by atoms with Gasteiger partial charge in [-0.05, 0) is 73.4 Å². The van der Waals surface area contributed by atoms with Gasteiger partial charge in [0.15, 0.2) is 18.1 Å². The third-order valence-corrected chi connectivity index (χ3v) is 5.67. The van der Waals surface area contributed by atoms with Crippen LogP contribution in [0.5, 0.6) is 11.5 Å². The van der Waals surface area contributed by atoms with Crippen molar-refractivity contribution in [3.05, 3.63) is 80.8 Å². The van der Waals surface area contributed by atoms with Crippen molar-refractivity contribution in [2.45, 2.75) is 20.8 Å². The first-order valence-electron chi connectivity index (χ1n) is 9.95. The van der Waals surface area contributed by atoms with Gasteiger partial charge in [-0.1, -0.05) is 41.4 Å². The molecular formula is C25H24Cl2N2O3. The van der Waals surface area contributed by atoms with Crippen LogP contribution in [0, 0.1) is 20.8 Å². The van der Waals surface area contributed by atoms with Crippen LogP contribution >= 0.6 is 23.2 Å². The molecule has 0 aliphatic heterocycles. The largest absolute Gasteiger partial charge is 0.493 e. The number of carbonyl (C=O) groups excluding carboxylic acids is 1. The van der Waals surface area contributed by atoms with Gasteiger partial charge in [0, 0.05) is 16.9 Å². The van der Waals surface area contributed by atoms with E-state index >= 15 is 0 Å². The minimum atomic E-state index is -0.344. The Labute approximate surface area is 198 Å². The van der Waals surface area contributed by atoms with Crippen molar-refractivity contribution in [3.63, 3.8) is 0 Å². The summed E-state index contributed by atoms with van der Waals surface area (Å²) in [6.07, 6.45) is 1.72. The second-order valence-corrected chi connectivity index (χ2v) is 8.13. The summed E-state index contributed by atoms with van der Waals surface area (Å²) in [6.45, 7) is 5.73. The molecule has 0 aromatic heterocycles. The molecule has 3 aromatic carbocycles. The lowest BCUT2D eigenvalue weighted by Gasteiger charge is -2.13. The molecule has 0 radical (unpaired) electrons. The zero-order valence-electron chi connectivity index (χ0n) is 18.3. The number of benzene rings is 3. The van der Waals surface area contributed by atoms with Crippen LogP contribution in [0.3, 0.4) is 0 Å². The van der Waals surface area contributed by atoms with Gasteiger partial charge in [0.05, 0.1) is 17.8 Å². The zero-order chi connectivity index (χ0) is 23.3. The van der Waals surface area contributed by atoms with E-state index < -0.39 is 0 Å². The molecule has 7 heteroatoms. The van der Waals surface area contributed by atoms with E-state index in [-0.39, 0.29) is 18.3 Å². The minimum absolute atomic E-state index is 0.239. The van der Waals surface area contributed by atoms with Gasteiger partial charge < -0.3 is 14.8 Å². The normalized spacial score (nSPS) is 10.9. The SMILES string of the molecule is COc1cc(C=Nc2cccc(C)c2C)cc(Cl)c1OCC(=O)Nc1ccc(C)c(Cl)c1. The van der Waals surface area contributed by atoms with E-state index in [1.54, 1.807) is 30.5 Å². The lowest BCUT2D eigenvalue weighted by Crippen LogP contribution is -2.20. The van der Waals surface area contributed by atoms with Gasteiger partial charge in [-0.3, -0.25) is 9.79 Å². The van der Waals surface area contributed by atoms with E-state index in [0.29, 0.717) is 21.5 Å². The Bertz CT molecular complexity index is 1180. The molecule has 3 rings (SSSR count). The summed E-state index contributed by atoms with van der Waals surface area (Å²) in [5.74, 6) is 0.352. The summed E-state index contributed by atoms with van der Waals surface area (Å²) in [5, 5.41) is 3.64. The number of hydrogen-bond donors (Lipinski definition) is 1. The molecule has 0 aliphatic carbocycles. The number of hydrogen-bond acceptors (Lipinski definition) is 4. The number of nitrogens with one attached hydrogen (secondary N) is 1. The quantitative estimate of drug-likeness (QED) is 0.391. The highest BCUT2D eigenvalue weighted by Crippen LogP contribution is 2.36. The molecule has 0 spiro atoms. The van der Waals surface area contributed by atoms with Crippen LogP contribution in [0.4, 0.5) is 11.4 Å². The third kappa shape index (κ3) is 5.81. The molecule has 32 heavy (non-hydrogen) atoms. The Morgan fingerprint density at radius 2 is 1.81 bits per heavy atom. The van der Waals surface area contributed by atoms with Gasteiger partial charge >= 0.3 is 0 Å². The Kier molecular flexibility index (Phi) is 7.78. The molecular weight excluding hydrogens is 447 g/mol. The molecule has 0 unspecified atom stereocenters.